The molecule has 0 saturated carbocycles. The Morgan fingerprint density at radius 2 is 2.25 bits per heavy atom. The number of nitrogen functional groups attached to an aromatic ring is 1. The fourth-order valence-corrected chi connectivity index (χ4v) is 1.57. The summed E-state index contributed by atoms with van der Waals surface area (Å²) in [6, 6.07) is 1.90. The van der Waals surface area contributed by atoms with E-state index in [2.05, 4.69) is 25.1 Å². The van der Waals surface area contributed by atoms with Gasteiger partial charge in [-0.25, -0.2) is 15.0 Å². The monoisotopic (exact) mass is 215 g/mol. The van der Waals surface area contributed by atoms with E-state index in [1.165, 1.54) is 6.33 Å². The minimum atomic E-state index is 0.397. The SMILES string of the molecule is Nc1ncnc2c1ncn2Cc1ccn[nH]1. The Balaban J connectivity index is 2.08. The number of nitrogens with one attached hydrogen (secondary N) is 1. The van der Waals surface area contributed by atoms with E-state index in [1.54, 1.807) is 12.5 Å². The molecule has 3 heterocycles. The van der Waals surface area contributed by atoms with E-state index in [1.807, 2.05) is 10.6 Å². The normalized spacial score (nSPS) is 11.0. The summed E-state index contributed by atoms with van der Waals surface area (Å²) in [4.78, 5) is 12.2. The summed E-state index contributed by atoms with van der Waals surface area (Å²) in [7, 11) is 0. The van der Waals surface area contributed by atoms with E-state index in [4.69, 9.17) is 5.73 Å². The maximum atomic E-state index is 5.70. The standard InChI is InChI=1S/C9H9N7/c10-8-7-9(12-4-11-8)16(5-13-7)3-6-1-2-14-15-6/h1-2,4-5H,3H2,(H,14,15)(H2,10,11,12). The number of anilines is 1. The minimum absolute atomic E-state index is 0.397. The van der Waals surface area contributed by atoms with Gasteiger partial charge in [0, 0.05) is 6.20 Å². The maximum Gasteiger partial charge on any atom is 0.165 e. The number of rotatable bonds is 2. The van der Waals surface area contributed by atoms with Crippen molar-refractivity contribution < 1.29 is 0 Å². The Kier molecular flexibility index (Phi) is 1.82. The number of hydrogen-bond acceptors (Lipinski definition) is 5. The molecule has 0 spiro atoms. The molecule has 0 radical (unpaired) electrons. The molecule has 3 N–H and O–H groups in total. The van der Waals surface area contributed by atoms with Crippen molar-refractivity contribution in [3.63, 3.8) is 0 Å². The van der Waals surface area contributed by atoms with E-state index < -0.39 is 0 Å². The molecule has 7 nitrogen and oxygen atoms in total. The van der Waals surface area contributed by atoms with Gasteiger partial charge in [-0.05, 0) is 6.07 Å². The summed E-state index contributed by atoms with van der Waals surface area (Å²) >= 11 is 0. The highest BCUT2D eigenvalue weighted by atomic mass is 15.2. The molecule has 3 aromatic rings. The van der Waals surface area contributed by atoms with Crippen molar-refractivity contribution in [3.05, 3.63) is 30.6 Å². The van der Waals surface area contributed by atoms with Gasteiger partial charge in [0.25, 0.3) is 0 Å². The highest BCUT2D eigenvalue weighted by molar-refractivity contribution is 5.81. The van der Waals surface area contributed by atoms with Gasteiger partial charge in [-0.3, -0.25) is 5.10 Å². The van der Waals surface area contributed by atoms with E-state index in [-0.39, 0.29) is 0 Å². The molecule has 3 rings (SSSR count). The van der Waals surface area contributed by atoms with Crippen molar-refractivity contribution >= 4 is 17.0 Å². The van der Waals surface area contributed by atoms with Crippen LogP contribution in [0.25, 0.3) is 11.2 Å². The summed E-state index contributed by atoms with van der Waals surface area (Å²) in [5, 5.41) is 6.77. The molecular weight excluding hydrogens is 206 g/mol. The van der Waals surface area contributed by atoms with Gasteiger partial charge in [-0.15, -0.1) is 0 Å². The summed E-state index contributed by atoms with van der Waals surface area (Å²) in [6.45, 7) is 0.632. The molecule has 0 unspecified atom stereocenters. The highest BCUT2D eigenvalue weighted by Crippen LogP contribution is 2.14. The lowest BCUT2D eigenvalue weighted by Gasteiger charge is -2.00. The van der Waals surface area contributed by atoms with Crippen LogP contribution in [0.1, 0.15) is 5.69 Å². The number of aromatic nitrogens is 6. The van der Waals surface area contributed by atoms with Crippen LogP contribution in [-0.4, -0.2) is 29.7 Å². The third-order valence-corrected chi connectivity index (χ3v) is 2.33. The lowest BCUT2D eigenvalue weighted by molar-refractivity contribution is 0.781. The lowest BCUT2D eigenvalue weighted by atomic mass is 10.4. The molecule has 0 aliphatic carbocycles. The number of nitrogens with zero attached hydrogens (tertiary/aromatic N) is 5. The lowest BCUT2D eigenvalue weighted by Crippen LogP contribution is -2.00. The molecule has 0 amide bonds. The largest absolute Gasteiger partial charge is 0.382 e. The van der Waals surface area contributed by atoms with Crippen LogP contribution in [0, 0.1) is 0 Å². The van der Waals surface area contributed by atoms with Gasteiger partial charge in [0.15, 0.2) is 11.5 Å². The molecular formula is C9H9N7. The van der Waals surface area contributed by atoms with E-state index in [0.29, 0.717) is 17.9 Å². The Bertz CT molecular complexity index is 610. The van der Waals surface area contributed by atoms with E-state index in [0.717, 1.165) is 11.3 Å². The molecule has 0 aliphatic rings. The van der Waals surface area contributed by atoms with Gasteiger partial charge < -0.3 is 10.3 Å². The molecule has 16 heavy (non-hydrogen) atoms. The number of fused-ring (bicyclic) bond motifs is 1. The van der Waals surface area contributed by atoms with Crippen LogP contribution in [0.15, 0.2) is 24.9 Å². The first-order valence-corrected chi connectivity index (χ1v) is 4.74. The zero-order chi connectivity index (χ0) is 11.0. The fourth-order valence-electron chi connectivity index (χ4n) is 1.57. The molecule has 0 aliphatic heterocycles. The summed E-state index contributed by atoms with van der Waals surface area (Å²) in [5.74, 6) is 0.397. The fraction of sp³-hybridized carbons (Fsp3) is 0.111. The van der Waals surface area contributed by atoms with Crippen LogP contribution in [0.2, 0.25) is 0 Å². The second-order valence-electron chi connectivity index (χ2n) is 3.39. The van der Waals surface area contributed by atoms with Crippen LogP contribution < -0.4 is 5.73 Å². The molecule has 0 bridgehead atoms. The predicted molar refractivity (Wildman–Crippen MR) is 57.4 cm³/mol. The Morgan fingerprint density at radius 3 is 3.06 bits per heavy atom. The van der Waals surface area contributed by atoms with Gasteiger partial charge in [0.05, 0.1) is 18.6 Å². The number of hydrogen-bond donors (Lipinski definition) is 2. The van der Waals surface area contributed by atoms with Crippen molar-refractivity contribution in [1.82, 2.24) is 29.7 Å². The second-order valence-corrected chi connectivity index (χ2v) is 3.39. The van der Waals surface area contributed by atoms with E-state index >= 15 is 0 Å². The molecule has 0 atom stereocenters. The van der Waals surface area contributed by atoms with Crippen LogP contribution in [0.5, 0.6) is 0 Å². The Labute approximate surface area is 90.4 Å². The number of aromatic amines is 1. The van der Waals surface area contributed by atoms with Gasteiger partial charge in [-0.1, -0.05) is 0 Å². The number of nitrogens with two attached hydrogens (primary N) is 1. The number of imidazole rings is 1. The van der Waals surface area contributed by atoms with Crippen molar-refractivity contribution in [2.24, 2.45) is 0 Å². The van der Waals surface area contributed by atoms with Crippen molar-refractivity contribution in [3.8, 4) is 0 Å². The molecule has 0 fully saturated rings. The maximum absolute atomic E-state index is 5.70. The smallest absolute Gasteiger partial charge is 0.165 e. The van der Waals surface area contributed by atoms with Crippen LogP contribution in [-0.2, 0) is 6.54 Å². The Morgan fingerprint density at radius 1 is 1.31 bits per heavy atom. The van der Waals surface area contributed by atoms with Gasteiger partial charge >= 0.3 is 0 Å². The average Bonchev–Trinajstić information content (AvgIpc) is 2.90. The van der Waals surface area contributed by atoms with Crippen molar-refractivity contribution in [2.45, 2.75) is 6.54 Å². The number of H-pyrrole nitrogens is 1. The zero-order valence-electron chi connectivity index (χ0n) is 8.33. The van der Waals surface area contributed by atoms with Crippen LogP contribution >= 0.6 is 0 Å². The predicted octanol–water partition coefficient (Wildman–Crippen LogP) is 0.180. The topological polar surface area (TPSA) is 98.3 Å². The van der Waals surface area contributed by atoms with Crippen LogP contribution in [0.4, 0.5) is 5.82 Å². The van der Waals surface area contributed by atoms with Crippen molar-refractivity contribution in [1.29, 1.82) is 0 Å². The van der Waals surface area contributed by atoms with E-state index in [9.17, 15) is 0 Å². The van der Waals surface area contributed by atoms with Gasteiger partial charge in [0.2, 0.25) is 0 Å². The molecule has 3 aromatic heterocycles. The zero-order valence-corrected chi connectivity index (χ0v) is 8.33. The van der Waals surface area contributed by atoms with Crippen LogP contribution in [0.3, 0.4) is 0 Å². The molecule has 7 heteroatoms. The first kappa shape index (κ1) is 8.84. The Hall–Kier alpha value is -2.44. The molecule has 80 valence electrons. The van der Waals surface area contributed by atoms with Crippen molar-refractivity contribution in [2.75, 3.05) is 5.73 Å². The molecule has 0 aromatic carbocycles. The first-order valence-electron chi connectivity index (χ1n) is 4.74. The summed E-state index contributed by atoms with van der Waals surface area (Å²) in [5.41, 5.74) is 8.03. The second kappa shape index (κ2) is 3.30. The first-order chi connectivity index (χ1) is 7.84. The highest BCUT2D eigenvalue weighted by Gasteiger charge is 2.07. The summed E-state index contributed by atoms with van der Waals surface area (Å²) in [6.07, 6.45) is 4.83. The van der Waals surface area contributed by atoms with Gasteiger partial charge in [0.1, 0.15) is 11.8 Å². The minimum Gasteiger partial charge on any atom is -0.382 e. The van der Waals surface area contributed by atoms with Gasteiger partial charge in [-0.2, -0.15) is 5.10 Å². The molecule has 0 saturated heterocycles. The average molecular weight is 215 g/mol. The summed E-state index contributed by atoms with van der Waals surface area (Å²) < 4.78 is 1.89. The quantitative estimate of drug-likeness (QED) is 0.635. The third kappa shape index (κ3) is 1.29. The third-order valence-electron chi connectivity index (χ3n) is 2.33.